The van der Waals surface area contributed by atoms with Crippen LogP contribution in [0, 0.1) is 6.92 Å². The van der Waals surface area contributed by atoms with Crippen molar-refractivity contribution < 1.29 is 9.90 Å². The summed E-state index contributed by atoms with van der Waals surface area (Å²) in [7, 11) is 2.10. The molecule has 1 aromatic rings. The van der Waals surface area contributed by atoms with Crippen LogP contribution in [0.1, 0.15) is 28.2 Å². The molecule has 0 saturated carbocycles. The van der Waals surface area contributed by atoms with Gasteiger partial charge in [-0.2, -0.15) is 0 Å². The number of hydrogen-bond donors (Lipinski definition) is 2. The zero-order valence-corrected chi connectivity index (χ0v) is 10.9. The summed E-state index contributed by atoms with van der Waals surface area (Å²) in [6, 6.07) is 0.376. The third-order valence-electron chi connectivity index (χ3n) is 2.95. The Balaban J connectivity index is 2.03. The van der Waals surface area contributed by atoms with E-state index in [4.69, 9.17) is 5.11 Å². The number of aromatic carboxylic acids is 1. The molecule has 0 aliphatic carbocycles. The van der Waals surface area contributed by atoms with Crippen LogP contribution in [-0.2, 0) is 0 Å². The molecular weight excluding hydrogens is 238 g/mol. The molecule has 1 aliphatic rings. The Labute approximate surface area is 104 Å². The Kier molecular flexibility index (Phi) is 3.63. The smallest absolute Gasteiger partial charge is 0.355 e. The number of piperidine rings is 1. The average molecular weight is 255 g/mol. The Bertz CT molecular complexity index is 419. The van der Waals surface area contributed by atoms with Gasteiger partial charge in [-0.25, -0.2) is 9.78 Å². The van der Waals surface area contributed by atoms with Gasteiger partial charge in [0.05, 0.1) is 0 Å². The number of carboxylic acid groups (broad SMARTS) is 1. The van der Waals surface area contributed by atoms with E-state index < -0.39 is 5.97 Å². The van der Waals surface area contributed by atoms with E-state index in [0.29, 0.717) is 6.04 Å². The lowest BCUT2D eigenvalue weighted by molar-refractivity contribution is 0.0690. The van der Waals surface area contributed by atoms with Crippen LogP contribution >= 0.6 is 11.3 Å². The van der Waals surface area contributed by atoms with E-state index in [1.165, 1.54) is 17.8 Å². The molecule has 0 bridgehead atoms. The Hall–Kier alpha value is -1.14. The molecular formula is C11H17N3O2S. The third kappa shape index (κ3) is 2.95. The van der Waals surface area contributed by atoms with Crippen molar-refractivity contribution in [2.75, 3.05) is 25.5 Å². The number of carboxylic acids is 1. The van der Waals surface area contributed by atoms with Crippen LogP contribution in [0.25, 0.3) is 0 Å². The predicted molar refractivity (Wildman–Crippen MR) is 68.0 cm³/mol. The molecule has 0 spiro atoms. The molecule has 1 fully saturated rings. The first-order valence-corrected chi connectivity index (χ1v) is 6.53. The highest BCUT2D eigenvalue weighted by Gasteiger charge is 2.20. The zero-order chi connectivity index (χ0) is 12.4. The maximum Gasteiger partial charge on any atom is 0.355 e. The summed E-state index contributed by atoms with van der Waals surface area (Å²) in [5.74, 6) is -0.951. The number of aromatic nitrogens is 1. The molecule has 2 heterocycles. The topological polar surface area (TPSA) is 65.5 Å². The van der Waals surface area contributed by atoms with E-state index in [-0.39, 0.29) is 5.69 Å². The summed E-state index contributed by atoms with van der Waals surface area (Å²) >= 11 is 1.42. The van der Waals surface area contributed by atoms with Crippen LogP contribution < -0.4 is 5.32 Å². The van der Waals surface area contributed by atoms with Gasteiger partial charge in [-0.05, 0) is 33.4 Å². The zero-order valence-electron chi connectivity index (χ0n) is 10.1. The SMILES string of the molecule is Cc1sc(NC2CCCN(C)C2)nc1C(=O)O. The lowest BCUT2D eigenvalue weighted by Crippen LogP contribution is -2.39. The lowest BCUT2D eigenvalue weighted by Gasteiger charge is -2.29. The first kappa shape index (κ1) is 12.3. The summed E-state index contributed by atoms with van der Waals surface area (Å²) in [5, 5.41) is 13.0. The van der Waals surface area contributed by atoms with Crippen molar-refractivity contribution in [1.29, 1.82) is 0 Å². The number of carbonyl (C=O) groups is 1. The van der Waals surface area contributed by atoms with Gasteiger partial charge in [0, 0.05) is 17.5 Å². The van der Waals surface area contributed by atoms with Crippen molar-refractivity contribution in [2.24, 2.45) is 0 Å². The minimum Gasteiger partial charge on any atom is -0.476 e. The second kappa shape index (κ2) is 5.01. The number of rotatable bonds is 3. The Morgan fingerprint density at radius 1 is 1.65 bits per heavy atom. The van der Waals surface area contributed by atoms with E-state index in [2.05, 4.69) is 22.2 Å². The molecule has 1 unspecified atom stereocenters. The number of thiazole rings is 1. The quantitative estimate of drug-likeness (QED) is 0.860. The van der Waals surface area contributed by atoms with Crippen molar-refractivity contribution >= 4 is 22.4 Å². The first-order valence-electron chi connectivity index (χ1n) is 5.72. The lowest BCUT2D eigenvalue weighted by atomic mass is 10.1. The van der Waals surface area contributed by atoms with E-state index in [1.807, 2.05) is 0 Å². The first-order chi connectivity index (χ1) is 8.06. The normalized spacial score (nSPS) is 21.4. The Morgan fingerprint density at radius 2 is 2.41 bits per heavy atom. The molecule has 0 amide bonds. The number of likely N-dealkylation sites (tertiary alicyclic amines) is 1. The van der Waals surface area contributed by atoms with Crippen molar-refractivity contribution in [2.45, 2.75) is 25.8 Å². The highest BCUT2D eigenvalue weighted by molar-refractivity contribution is 7.15. The number of hydrogen-bond acceptors (Lipinski definition) is 5. The molecule has 0 aromatic carbocycles. The second-order valence-electron chi connectivity index (χ2n) is 4.47. The molecule has 1 aliphatic heterocycles. The van der Waals surface area contributed by atoms with Crippen LogP contribution in [0.5, 0.6) is 0 Å². The second-order valence-corrected chi connectivity index (χ2v) is 5.68. The third-order valence-corrected chi connectivity index (χ3v) is 3.85. The number of aryl methyl sites for hydroxylation is 1. The van der Waals surface area contributed by atoms with Crippen LogP contribution in [-0.4, -0.2) is 47.1 Å². The van der Waals surface area contributed by atoms with Gasteiger partial charge < -0.3 is 15.3 Å². The van der Waals surface area contributed by atoms with Crippen molar-refractivity contribution in [3.05, 3.63) is 10.6 Å². The van der Waals surface area contributed by atoms with Gasteiger partial charge in [0.15, 0.2) is 10.8 Å². The summed E-state index contributed by atoms with van der Waals surface area (Å²) in [5.41, 5.74) is 0.168. The summed E-state index contributed by atoms with van der Waals surface area (Å²) < 4.78 is 0. The number of nitrogens with one attached hydrogen (secondary N) is 1. The molecule has 2 N–H and O–H groups in total. The molecule has 1 aromatic heterocycles. The molecule has 5 nitrogen and oxygen atoms in total. The predicted octanol–water partition coefficient (Wildman–Crippen LogP) is 1.66. The number of nitrogens with zero attached hydrogens (tertiary/aromatic N) is 2. The molecule has 2 rings (SSSR count). The Morgan fingerprint density at radius 3 is 3.00 bits per heavy atom. The van der Waals surface area contributed by atoms with Crippen LogP contribution in [0.15, 0.2) is 0 Å². The summed E-state index contributed by atoms with van der Waals surface area (Å²) in [6.45, 7) is 3.91. The number of anilines is 1. The highest BCUT2D eigenvalue weighted by Crippen LogP contribution is 2.24. The molecule has 0 radical (unpaired) electrons. The maximum absolute atomic E-state index is 10.9. The molecule has 94 valence electrons. The van der Waals surface area contributed by atoms with Crippen molar-refractivity contribution in [3.8, 4) is 0 Å². The number of likely N-dealkylation sites (N-methyl/N-ethyl adjacent to an activating group) is 1. The summed E-state index contributed by atoms with van der Waals surface area (Å²) in [4.78, 5) is 18.0. The van der Waals surface area contributed by atoms with Crippen LogP contribution in [0.4, 0.5) is 5.13 Å². The van der Waals surface area contributed by atoms with Crippen molar-refractivity contribution in [3.63, 3.8) is 0 Å². The highest BCUT2D eigenvalue weighted by atomic mass is 32.1. The maximum atomic E-state index is 10.9. The molecule has 1 saturated heterocycles. The molecule has 6 heteroatoms. The minimum absolute atomic E-state index is 0.168. The fourth-order valence-corrected chi connectivity index (χ4v) is 3.00. The van der Waals surface area contributed by atoms with Gasteiger partial charge in [0.25, 0.3) is 0 Å². The van der Waals surface area contributed by atoms with Crippen LogP contribution in [0.2, 0.25) is 0 Å². The fraction of sp³-hybridized carbons (Fsp3) is 0.636. The van der Waals surface area contributed by atoms with E-state index in [1.54, 1.807) is 6.92 Å². The molecule has 1 atom stereocenters. The summed E-state index contributed by atoms with van der Waals surface area (Å²) in [6.07, 6.45) is 2.29. The fourth-order valence-electron chi connectivity index (χ4n) is 2.12. The average Bonchev–Trinajstić information content (AvgIpc) is 2.59. The van der Waals surface area contributed by atoms with Gasteiger partial charge in [-0.15, -0.1) is 11.3 Å². The van der Waals surface area contributed by atoms with Gasteiger partial charge in [0.1, 0.15) is 0 Å². The van der Waals surface area contributed by atoms with E-state index in [9.17, 15) is 4.79 Å². The van der Waals surface area contributed by atoms with Gasteiger partial charge in [-0.1, -0.05) is 0 Å². The van der Waals surface area contributed by atoms with Crippen molar-refractivity contribution in [1.82, 2.24) is 9.88 Å². The van der Waals surface area contributed by atoms with E-state index in [0.717, 1.165) is 29.5 Å². The standard InChI is InChI=1S/C11H17N3O2S/c1-7-9(10(15)16)13-11(17-7)12-8-4-3-5-14(2)6-8/h8H,3-6H2,1-2H3,(H,12,13)(H,15,16). The van der Waals surface area contributed by atoms with Crippen LogP contribution in [0.3, 0.4) is 0 Å². The monoisotopic (exact) mass is 255 g/mol. The minimum atomic E-state index is -0.951. The molecule has 17 heavy (non-hydrogen) atoms. The van der Waals surface area contributed by atoms with Gasteiger partial charge >= 0.3 is 5.97 Å². The van der Waals surface area contributed by atoms with E-state index >= 15 is 0 Å². The largest absolute Gasteiger partial charge is 0.476 e. The van der Waals surface area contributed by atoms with Gasteiger partial charge in [0.2, 0.25) is 0 Å². The van der Waals surface area contributed by atoms with Gasteiger partial charge in [-0.3, -0.25) is 0 Å².